The average molecular weight is 351 g/mol. The van der Waals surface area contributed by atoms with Crippen LogP contribution in [0.1, 0.15) is 29.9 Å². The second kappa shape index (κ2) is 6.87. The van der Waals surface area contributed by atoms with Crippen LogP contribution in [0.25, 0.3) is 0 Å². The normalized spacial score (nSPS) is 17.4. The zero-order valence-corrected chi connectivity index (χ0v) is 13.6. The van der Waals surface area contributed by atoms with Crippen LogP contribution in [0.3, 0.4) is 0 Å². The third-order valence-corrected chi connectivity index (χ3v) is 4.59. The van der Waals surface area contributed by atoms with Crippen molar-refractivity contribution in [1.82, 2.24) is 0 Å². The van der Waals surface area contributed by atoms with E-state index in [4.69, 9.17) is 17.3 Å². The first-order valence-corrected chi connectivity index (χ1v) is 8.10. The number of carbonyl (C=O) groups excluding carboxylic acids is 1. The van der Waals surface area contributed by atoms with Gasteiger partial charge in [-0.2, -0.15) is 0 Å². The van der Waals surface area contributed by atoms with Crippen molar-refractivity contribution in [3.05, 3.63) is 64.2 Å². The minimum atomic E-state index is -0.878. The molecule has 1 aliphatic carbocycles. The lowest BCUT2D eigenvalue weighted by Crippen LogP contribution is -2.32. The van der Waals surface area contributed by atoms with E-state index in [0.717, 1.165) is 5.56 Å². The molecule has 2 aromatic carbocycles. The van der Waals surface area contributed by atoms with Crippen LogP contribution in [0.5, 0.6) is 0 Å². The van der Waals surface area contributed by atoms with Gasteiger partial charge < -0.3 is 11.1 Å². The van der Waals surface area contributed by atoms with E-state index in [2.05, 4.69) is 5.32 Å². The number of halogens is 3. The molecular formula is C18H17ClF2N2O. The Bertz CT molecular complexity index is 782. The number of anilines is 1. The van der Waals surface area contributed by atoms with Crippen LogP contribution in [0.2, 0.25) is 5.02 Å². The van der Waals surface area contributed by atoms with E-state index in [9.17, 15) is 13.6 Å². The van der Waals surface area contributed by atoms with Crippen molar-refractivity contribution in [2.45, 2.75) is 31.2 Å². The third kappa shape index (κ3) is 3.57. The van der Waals surface area contributed by atoms with Crippen LogP contribution in [-0.4, -0.2) is 11.9 Å². The summed E-state index contributed by atoms with van der Waals surface area (Å²) in [6.07, 6.45) is 1.42. The zero-order valence-electron chi connectivity index (χ0n) is 12.9. The van der Waals surface area contributed by atoms with Crippen LogP contribution >= 0.6 is 11.6 Å². The molecule has 3 N–H and O–H groups in total. The van der Waals surface area contributed by atoms with E-state index in [-0.39, 0.29) is 18.2 Å². The van der Waals surface area contributed by atoms with Crippen molar-refractivity contribution in [3.63, 3.8) is 0 Å². The van der Waals surface area contributed by atoms with E-state index >= 15 is 0 Å². The summed E-state index contributed by atoms with van der Waals surface area (Å²) in [4.78, 5) is 12.2. The first kappa shape index (κ1) is 16.9. The number of benzene rings is 2. The van der Waals surface area contributed by atoms with Crippen molar-refractivity contribution in [2.24, 2.45) is 5.73 Å². The lowest BCUT2D eigenvalue weighted by Gasteiger charge is -2.20. The smallest absolute Gasteiger partial charge is 0.225 e. The van der Waals surface area contributed by atoms with Crippen molar-refractivity contribution in [2.75, 3.05) is 5.32 Å². The quantitative estimate of drug-likeness (QED) is 0.875. The maximum Gasteiger partial charge on any atom is 0.225 e. The van der Waals surface area contributed by atoms with Gasteiger partial charge in [0, 0.05) is 29.1 Å². The van der Waals surface area contributed by atoms with Crippen LogP contribution in [0.4, 0.5) is 14.5 Å². The highest BCUT2D eigenvalue weighted by atomic mass is 35.5. The topological polar surface area (TPSA) is 55.1 Å². The number of hydrogen-bond donors (Lipinski definition) is 2. The summed E-state index contributed by atoms with van der Waals surface area (Å²) in [7, 11) is 0. The van der Waals surface area contributed by atoms with E-state index in [0.29, 0.717) is 29.1 Å². The summed E-state index contributed by atoms with van der Waals surface area (Å²) < 4.78 is 26.8. The first-order chi connectivity index (χ1) is 11.4. The lowest BCUT2D eigenvalue weighted by molar-refractivity contribution is -0.116. The molecule has 2 unspecified atom stereocenters. The first-order valence-electron chi connectivity index (χ1n) is 7.73. The number of carbonyl (C=O) groups is 1. The number of nitrogens with two attached hydrogens (primary N) is 1. The van der Waals surface area contributed by atoms with E-state index in [1.54, 1.807) is 24.3 Å². The fourth-order valence-corrected chi connectivity index (χ4v) is 3.40. The molecule has 3 nitrogen and oxygen atoms in total. The Balaban J connectivity index is 1.67. The molecule has 126 valence electrons. The number of hydrogen-bond acceptors (Lipinski definition) is 2. The summed E-state index contributed by atoms with van der Waals surface area (Å²) in [5.74, 6) is -2.11. The molecule has 0 heterocycles. The maximum absolute atomic E-state index is 13.5. The molecule has 0 radical (unpaired) electrons. The summed E-state index contributed by atoms with van der Waals surface area (Å²) in [5, 5.41) is 3.27. The van der Waals surface area contributed by atoms with Gasteiger partial charge in [-0.3, -0.25) is 4.79 Å². The summed E-state index contributed by atoms with van der Waals surface area (Å²) in [6.45, 7) is 0. The lowest BCUT2D eigenvalue weighted by atomic mass is 9.91. The Morgan fingerprint density at radius 1 is 1.29 bits per heavy atom. The second-order valence-electron chi connectivity index (χ2n) is 6.04. The predicted octanol–water partition coefficient (Wildman–Crippen LogP) is 4.00. The molecule has 0 saturated heterocycles. The standard InChI is InChI=1S/C18H17ClF2N2O/c19-11-2-1-3-12(7-11)23-18(24)9-17(22)13-5-4-10-6-15(20)16(21)8-14(10)13/h1-3,6-8,13,17H,4-5,9,22H2,(H,23,24). The molecule has 2 aromatic rings. The molecule has 3 rings (SSSR count). The minimum absolute atomic E-state index is 0.0929. The fourth-order valence-electron chi connectivity index (χ4n) is 3.21. The Labute approximate surface area is 143 Å². The van der Waals surface area contributed by atoms with Gasteiger partial charge >= 0.3 is 0 Å². The summed E-state index contributed by atoms with van der Waals surface area (Å²) >= 11 is 5.88. The molecule has 0 saturated carbocycles. The van der Waals surface area contributed by atoms with E-state index in [1.165, 1.54) is 12.1 Å². The van der Waals surface area contributed by atoms with Crippen molar-refractivity contribution in [1.29, 1.82) is 0 Å². The molecule has 6 heteroatoms. The Hall–Kier alpha value is -1.98. The Morgan fingerprint density at radius 3 is 2.79 bits per heavy atom. The number of fused-ring (bicyclic) bond motifs is 1. The van der Waals surface area contributed by atoms with E-state index in [1.807, 2.05) is 0 Å². The molecule has 0 bridgehead atoms. The summed E-state index contributed by atoms with van der Waals surface area (Å²) in [6, 6.07) is 8.80. The molecular weight excluding hydrogens is 334 g/mol. The predicted molar refractivity (Wildman–Crippen MR) is 90.1 cm³/mol. The number of amides is 1. The fraction of sp³-hybridized carbons (Fsp3) is 0.278. The highest BCUT2D eigenvalue weighted by molar-refractivity contribution is 6.30. The van der Waals surface area contributed by atoms with Gasteiger partial charge in [-0.1, -0.05) is 17.7 Å². The minimum Gasteiger partial charge on any atom is -0.327 e. The highest BCUT2D eigenvalue weighted by Crippen LogP contribution is 2.37. The molecule has 0 spiro atoms. The van der Waals surface area contributed by atoms with Gasteiger partial charge in [-0.15, -0.1) is 0 Å². The maximum atomic E-state index is 13.5. The zero-order chi connectivity index (χ0) is 17.3. The Kier molecular flexibility index (Phi) is 4.83. The Morgan fingerprint density at radius 2 is 2.04 bits per heavy atom. The van der Waals surface area contributed by atoms with Gasteiger partial charge in [0.05, 0.1) is 0 Å². The molecule has 0 aliphatic heterocycles. The largest absolute Gasteiger partial charge is 0.327 e. The van der Waals surface area contributed by atoms with Crippen LogP contribution in [0, 0.1) is 11.6 Å². The highest BCUT2D eigenvalue weighted by Gasteiger charge is 2.30. The summed E-state index contributed by atoms with van der Waals surface area (Å²) in [5.41, 5.74) is 8.23. The average Bonchev–Trinajstić information content (AvgIpc) is 2.90. The molecule has 24 heavy (non-hydrogen) atoms. The SMILES string of the molecule is NC(CC(=O)Nc1cccc(Cl)c1)C1CCc2cc(F)c(F)cc21. The van der Waals surface area contributed by atoms with Crippen LogP contribution in [0.15, 0.2) is 36.4 Å². The monoisotopic (exact) mass is 350 g/mol. The number of aryl methyl sites for hydroxylation is 1. The van der Waals surface area contributed by atoms with Crippen LogP contribution < -0.4 is 11.1 Å². The van der Waals surface area contributed by atoms with E-state index < -0.39 is 17.7 Å². The number of rotatable bonds is 4. The van der Waals surface area contributed by atoms with Gasteiger partial charge in [0.1, 0.15) is 0 Å². The molecule has 1 amide bonds. The second-order valence-corrected chi connectivity index (χ2v) is 6.47. The van der Waals surface area contributed by atoms with Crippen LogP contribution in [-0.2, 0) is 11.2 Å². The molecule has 0 fully saturated rings. The molecule has 2 atom stereocenters. The van der Waals surface area contributed by atoms with Gasteiger partial charge in [-0.05, 0) is 54.3 Å². The van der Waals surface area contributed by atoms with Gasteiger partial charge in [0.15, 0.2) is 11.6 Å². The van der Waals surface area contributed by atoms with Gasteiger partial charge in [0.25, 0.3) is 0 Å². The number of nitrogens with one attached hydrogen (secondary N) is 1. The molecule has 1 aliphatic rings. The van der Waals surface area contributed by atoms with Crippen molar-refractivity contribution in [3.8, 4) is 0 Å². The molecule has 0 aromatic heterocycles. The van der Waals surface area contributed by atoms with Crippen molar-refractivity contribution < 1.29 is 13.6 Å². The van der Waals surface area contributed by atoms with Gasteiger partial charge in [0.2, 0.25) is 5.91 Å². The van der Waals surface area contributed by atoms with Gasteiger partial charge in [-0.25, -0.2) is 8.78 Å². The van der Waals surface area contributed by atoms with Crippen molar-refractivity contribution >= 4 is 23.2 Å². The third-order valence-electron chi connectivity index (χ3n) is 4.35.